The number of hydrogen-bond acceptors (Lipinski definition) is 2. The van der Waals surface area contributed by atoms with Crippen molar-refractivity contribution in [2.45, 2.75) is 45.7 Å². The monoisotopic (exact) mass is 239 g/mol. The molecule has 0 spiro atoms. The molecule has 3 heteroatoms. The molecule has 0 saturated heterocycles. The average molecular weight is 239 g/mol. The first-order chi connectivity index (χ1) is 8.00. The summed E-state index contributed by atoms with van der Waals surface area (Å²) in [6, 6.07) is 4.84. The van der Waals surface area contributed by atoms with Crippen LogP contribution < -0.4 is 5.32 Å². The lowest BCUT2D eigenvalue weighted by Gasteiger charge is -2.29. The van der Waals surface area contributed by atoms with Gasteiger partial charge in [-0.2, -0.15) is 0 Å². The lowest BCUT2D eigenvalue weighted by atomic mass is 9.94. The van der Waals surface area contributed by atoms with E-state index in [9.17, 15) is 4.39 Å². The Morgan fingerprint density at radius 2 is 2.12 bits per heavy atom. The molecule has 1 unspecified atom stereocenters. The number of benzene rings is 1. The van der Waals surface area contributed by atoms with Gasteiger partial charge in [0.05, 0.1) is 0 Å². The quantitative estimate of drug-likeness (QED) is 0.800. The molecule has 96 valence electrons. The molecule has 0 saturated carbocycles. The molecule has 17 heavy (non-hydrogen) atoms. The molecule has 0 aliphatic heterocycles. The first-order valence-corrected chi connectivity index (χ1v) is 6.11. The van der Waals surface area contributed by atoms with E-state index in [1.165, 1.54) is 6.07 Å². The van der Waals surface area contributed by atoms with Crippen LogP contribution in [-0.2, 0) is 6.54 Å². The van der Waals surface area contributed by atoms with Crippen LogP contribution in [0.25, 0.3) is 0 Å². The normalized spacial score (nSPS) is 14.6. The molecular formula is C14H22FNO. The third-order valence-corrected chi connectivity index (χ3v) is 3.46. The van der Waals surface area contributed by atoms with Gasteiger partial charge in [0.2, 0.25) is 0 Å². The van der Waals surface area contributed by atoms with Gasteiger partial charge in [-0.25, -0.2) is 4.39 Å². The minimum Gasteiger partial charge on any atom is -0.396 e. The van der Waals surface area contributed by atoms with Crippen molar-refractivity contribution in [3.05, 3.63) is 35.1 Å². The summed E-state index contributed by atoms with van der Waals surface area (Å²) in [5.74, 6) is -0.201. The molecule has 0 aliphatic rings. The van der Waals surface area contributed by atoms with E-state index in [0.29, 0.717) is 13.0 Å². The van der Waals surface area contributed by atoms with E-state index in [4.69, 9.17) is 5.11 Å². The van der Waals surface area contributed by atoms with Gasteiger partial charge >= 0.3 is 0 Å². The fraction of sp³-hybridized carbons (Fsp3) is 0.571. The highest BCUT2D eigenvalue weighted by molar-refractivity contribution is 5.26. The fourth-order valence-corrected chi connectivity index (χ4v) is 1.78. The van der Waals surface area contributed by atoms with E-state index in [1.807, 2.05) is 6.92 Å². The van der Waals surface area contributed by atoms with Crippen LogP contribution in [0.4, 0.5) is 4.39 Å². The van der Waals surface area contributed by atoms with Gasteiger partial charge in [0.15, 0.2) is 0 Å². The number of aryl methyl sites for hydroxylation is 1. The van der Waals surface area contributed by atoms with Gasteiger partial charge in [0.1, 0.15) is 5.82 Å². The summed E-state index contributed by atoms with van der Waals surface area (Å²) in [5, 5.41) is 12.4. The Bertz CT molecular complexity index is 367. The molecule has 1 aromatic rings. The smallest absolute Gasteiger partial charge is 0.123 e. The van der Waals surface area contributed by atoms with Crippen LogP contribution in [0.5, 0.6) is 0 Å². The zero-order valence-electron chi connectivity index (χ0n) is 10.9. The number of rotatable bonds is 6. The Labute approximate surface area is 103 Å². The molecule has 0 heterocycles. The minimum atomic E-state index is -0.201. The van der Waals surface area contributed by atoms with Gasteiger partial charge in [-0.3, -0.25) is 0 Å². The van der Waals surface area contributed by atoms with Crippen LogP contribution in [0.1, 0.15) is 37.8 Å². The van der Waals surface area contributed by atoms with Crippen LogP contribution in [0.2, 0.25) is 0 Å². The van der Waals surface area contributed by atoms with Gasteiger partial charge in [-0.05, 0) is 49.9 Å². The first kappa shape index (κ1) is 14.1. The molecule has 1 atom stereocenters. The second kappa shape index (κ2) is 6.12. The Kier molecular flexibility index (Phi) is 5.09. The molecule has 0 fully saturated rings. The Hall–Kier alpha value is -0.930. The highest BCUT2D eigenvalue weighted by atomic mass is 19.1. The highest BCUT2D eigenvalue weighted by Crippen LogP contribution is 2.16. The number of hydrogen-bond donors (Lipinski definition) is 2. The molecule has 0 amide bonds. The second-order valence-electron chi connectivity index (χ2n) is 4.81. The third kappa shape index (κ3) is 4.10. The standard InChI is InChI=1S/C14H22FNO/c1-4-14(3,7-8-17)16-10-12-9-13(15)6-5-11(12)2/h5-6,9,16-17H,4,7-8,10H2,1-3H3. The van der Waals surface area contributed by atoms with Gasteiger partial charge in [0.25, 0.3) is 0 Å². The first-order valence-electron chi connectivity index (χ1n) is 6.11. The largest absolute Gasteiger partial charge is 0.396 e. The Balaban J connectivity index is 2.68. The zero-order chi connectivity index (χ0) is 12.9. The van der Waals surface area contributed by atoms with Crippen molar-refractivity contribution in [1.82, 2.24) is 5.32 Å². The molecule has 0 bridgehead atoms. The van der Waals surface area contributed by atoms with Crippen LogP contribution in [-0.4, -0.2) is 17.3 Å². The maximum atomic E-state index is 13.1. The van der Waals surface area contributed by atoms with Crippen molar-refractivity contribution in [3.8, 4) is 0 Å². The van der Waals surface area contributed by atoms with E-state index in [2.05, 4.69) is 19.2 Å². The predicted molar refractivity (Wildman–Crippen MR) is 68.4 cm³/mol. The van der Waals surface area contributed by atoms with Gasteiger partial charge in [0, 0.05) is 18.7 Å². The lowest BCUT2D eigenvalue weighted by molar-refractivity contribution is 0.214. The third-order valence-electron chi connectivity index (χ3n) is 3.46. The van der Waals surface area contributed by atoms with E-state index >= 15 is 0 Å². The van der Waals surface area contributed by atoms with Crippen LogP contribution in [0.3, 0.4) is 0 Å². The topological polar surface area (TPSA) is 32.3 Å². The molecule has 0 aromatic heterocycles. The maximum Gasteiger partial charge on any atom is 0.123 e. The molecule has 2 N–H and O–H groups in total. The van der Waals surface area contributed by atoms with E-state index in [1.54, 1.807) is 12.1 Å². The fourth-order valence-electron chi connectivity index (χ4n) is 1.78. The van der Waals surface area contributed by atoms with Gasteiger partial charge in [-0.15, -0.1) is 0 Å². The van der Waals surface area contributed by atoms with E-state index in [0.717, 1.165) is 17.5 Å². The maximum absolute atomic E-state index is 13.1. The van der Waals surface area contributed by atoms with Crippen molar-refractivity contribution in [2.24, 2.45) is 0 Å². The Morgan fingerprint density at radius 1 is 1.41 bits per heavy atom. The molecule has 1 aromatic carbocycles. The molecule has 2 nitrogen and oxygen atoms in total. The lowest BCUT2D eigenvalue weighted by Crippen LogP contribution is -2.42. The summed E-state index contributed by atoms with van der Waals surface area (Å²) >= 11 is 0. The van der Waals surface area contributed by atoms with Crippen LogP contribution in [0.15, 0.2) is 18.2 Å². The number of nitrogens with one attached hydrogen (secondary N) is 1. The molecule has 1 rings (SSSR count). The summed E-state index contributed by atoms with van der Waals surface area (Å²) in [5.41, 5.74) is 1.97. The van der Waals surface area contributed by atoms with Gasteiger partial charge in [-0.1, -0.05) is 13.0 Å². The molecule has 0 radical (unpaired) electrons. The van der Waals surface area contributed by atoms with E-state index in [-0.39, 0.29) is 18.0 Å². The van der Waals surface area contributed by atoms with E-state index < -0.39 is 0 Å². The summed E-state index contributed by atoms with van der Waals surface area (Å²) in [6.45, 7) is 6.94. The van der Waals surface area contributed by atoms with Gasteiger partial charge < -0.3 is 10.4 Å². The van der Waals surface area contributed by atoms with Crippen molar-refractivity contribution in [2.75, 3.05) is 6.61 Å². The van der Waals surface area contributed by atoms with Crippen molar-refractivity contribution in [1.29, 1.82) is 0 Å². The number of aliphatic hydroxyl groups is 1. The Morgan fingerprint density at radius 3 is 2.71 bits per heavy atom. The summed E-state index contributed by atoms with van der Waals surface area (Å²) in [4.78, 5) is 0. The van der Waals surface area contributed by atoms with Crippen LogP contribution >= 0.6 is 0 Å². The van der Waals surface area contributed by atoms with Crippen molar-refractivity contribution < 1.29 is 9.50 Å². The molecular weight excluding hydrogens is 217 g/mol. The summed E-state index contributed by atoms with van der Waals surface area (Å²) in [6.07, 6.45) is 1.64. The molecule has 0 aliphatic carbocycles. The zero-order valence-corrected chi connectivity index (χ0v) is 10.9. The van der Waals surface area contributed by atoms with Crippen molar-refractivity contribution in [3.63, 3.8) is 0 Å². The summed E-state index contributed by atoms with van der Waals surface area (Å²) < 4.78 is 13.1. The van der Waals surface area contributed by atoms with Crippen LogP contribution in [0, 0.1) is 12.7 Å². The number of aliphatic hydroxyl groups excluding tert-OH is 1. The second-order valence-corrected chi connectivity index (χ2v) is 4.81. The highest BCUT2D eigenvalue weighted by Gasteiger charge is 2.20. The average Bonchev–Trinajstić information content (AvgIpc) is 2.31. The predicted octanol–water partition coefficient (Wildman–Crippen LogP) is 2.77. The summed E-state index contributed by atoms with van der Waals surface area (Å²) in [7, 11) is 0. The SMILES string of the molecule is CCC(C)(CCO)NCc1cc(F)ccc1C. The minimum absolute atomic E-state index is 0.0898. The van der Waals surface area contributed by atoms with Crippen molar-refractivity contribution >= 4 is 0 Å². The number of halogens is 1.